The molecule has 0 heterocycles. The predicted octanol–water partition coefficient (Wildman–Crippen LogP) is 5.22. The van der Waals surface area contributed by atoms with Crippen molar-refractivity contribution in [2.24, 2.45) is 0 Å². The fraction of sp³-hybridized carbons (Fsp3) is 0.200. The molecule has 5 heteroatoms. The molecule has 0 unspecified atom stereocenters. The Morgan fingerprint density at radius 3 is 1.45 bits per heavy atom. The minimum atomic E-state index is -1.75. The fourth-order valence-corrected chi connectivity index (χ4v) is 4.13. The highest BCUT2D eigenvalue weighted by Gasteiger charge is 2.26. The van der Waals surface area contributed by atoms with Crippen LogP contribution in [0.1, 0.15) is 0 Å². The van der Waals surface area contributed by atoms with Gasteiger partial charge in [-0.15, -0.1) is 0 Å². The van der Waals surface area contributed by atoms with Crippen LogP contribution in [0.15, 0.2) is 60.7 Å². The van der Waals surface area contributed by atoms with E-state index in [2.05, 4.69) is 19.6 Å². The minimum Gasteiger partial charge on any atom is -0.418 e. The molecular formula is C15H19O3PSi. The first-order valence-electron chi connectivity index (χ1n) is 6.48. The third-order valence-corrected chi connectivity index (χ3v) is 5.70. The predicted molar refractivity (Wildman–Crippen MR) is 85.5 cm³/mol. The van der Waals surface area contributed by atoms with E-state index in [4.69, 9.17) is 13.3 Å². The molecule has 0 N–H and O–H groups in total. The lowest BCUT2D eigenvalue weighted by molar-refractivity contribution is 0.386. The van der Waals surface area contributed by atoms with Crippen LogP contribution in [0.5, 0.6) is 11.5 Å². The van der Waals surface area contributed by atoms with Gasteiger partial charge in [0.15, 0.2) is 8.32 Å². The molecule has 0 aromatic heterocycles. The lowest BCUT2D eigenvalue weighted by Gasteiger charge is -2.24. The second-order valence-corrected chi connectivity index (χ2v) is 11.0. The van der Waals surface area contributed by atoms with Gasteiger partial charge < -0.3 is 13.3 Å². The molecule has 0 saturated heterocycles. The first-order chi connectivity index (χ1) is 9.53. The number of rotatable bonds is 6. The lowest BCUT2D eigenvalue weighted by atomic mass is 10.3. The van der Waals surface area contributed by atoms with Crippen LogP contribution in [0.4, 0.5) is 0 Å². The SMILES string of the molecule is C[Si](C)(C)OP(Oc1ccccc1)Oc1ccccc1. The maximum atomic E-state index is 6.00. The third kappa shape index (κ3) is 5.33. The largest absolute Gasteiger partial charge is 0.452 e. The molecule has 0 aliphatic heterocycles. The molecule has 2 rings (SSSR count). The van der Waals surface area contributed by atoms with Gasteiger partial charge in [-0.25, -0.2) is 0 Å². The Labute approximate surface area is 122 Å². The summed E-state index contributed by atoms with van der Waals surface area (Å²) in [5.74, 6) is 1.51. The standard InChI is InChI=1S/C15H19O3PSi/c1-20(2,3)18-19(16-14-10-6-4-7-11-14)17-15-12-8-5-9-13-15/h4-13H,1-3H3. The highest BCUT2D eigenvalue weighted by Crippen LogP contribution is 2.43. The van der Waals surface area contributed by atoms with E-state index in [1.54, 1.807) is 0 Å². The molecule has 0 saturated carbocycles. The molecule has 2 aromatic rings. The summed E-state index contributed by atoms with van der Waals surface area (Å²) in [6.45, 7) is 6.35. The van der Waals surface area contributed by atoms with Gasteiger partial charge in [-0.3, -0.25) is 0 Å². The van der Waals surface area contributed by atoms with Gasteiger partial charge in [0.1, 0.15) is 11.5 Å². The van der Waals surface area contributed by atoms with Crippen molar-refractivity contribution in [3.63, 3.8) is 0 Å². The topological polar surface area (TPSA) is 27.7 Å². The van der Waals surface area contributed by atoms with Crippen molar-refractivity contribution >= 4 is 16.9 Å². The van der Waals surface area contributed by atoms with Crippen LogP contribution in [0.3, 0.4) is 0 Å². The van der Waals surface area contributed by atoms with E-state index in [1.807, 2.05) is 60.7 Å². The molecule has 0 aliphatic carbocycles. The van der Waals surface area contributed by atoms with Gasteiger partial charge in [-0.05, 0) is 43.9 Å². The van der Waals surface area contributed by atoms with E-state index in [1.165, 1.54) is 0 Å². The first-order valence-corrected chi connectivity index (χ1v) is 11.0. The van der Waals surface area contributed by atoms with E-state index < -0.39 is 16.9 Å². The molecule has 0 amide bonds. The van der Waals surface area contributed by atoms with Crippen LogP contribution in [-0.4, -0.2) is 8.32 Å². The van der Waals surface area contributed by atoms with Gasteiger partial charge in [0, 0.05) is 0 Å². The monoisotopic (exact) mass is 306 g/mol. The summed E-state index contributed by atoms with van der Waals surface area (Å²) < 4.78 is 17.7. The smallest absolute Gasteiger partial charge is 0.418 e. The second kappa shape index (κ2) is 6.89. The zero-order chi connectivity index (χ0) is 14.4. The van der Waals surface area contributed by atoms with Crippen molar-refractivity contribution in [2.75, 3.05) is 0 Å². The van der Waals surface area contributed by atoms with Crippen molar-refractivity contribution in [1.29, 1.82) is 0 Å². The second-order valence-electron chi connectivity index (χ2n) is 5.24. The Kier molecular flexibility index (Phi) is 5.18. The summed E-state index contributed by atoms with van der Waals surface area (Å²) in [7, 11) is -3.19. The number of hydrogen-bond acceptors (Lipinski definition) is 3. The van der Waals surface area contributed by atoms with Gasteiger partial charge in [0.25, 0.3) is 0 Å². The summed E-state index contributed by atoms with van der Waals surface area (Å²) in [6.07, 6.45) is 0. The minimum absolute atomic E-state index is 0.757. The third-order valence-electron chi connectivity index (χ3n) is 2.19. The van der Waals surface area contributed by atoms with E-state index in [0.717, 1.165) is 11.5 Å². The quantitative estimate of drug-likeness (QED) is 0.541. The Morgan fingerprint density at radius 1 is 0.700 bits per heavy atom. The fourth-order valence-electron chi connectivity index (χ4n) is 1.41. The maximum absolute atomic E-state index is 6.00. The number of benzene rings is 2. The number of para-hydroxylation sites is 2. The first kappa shape index (κ1) is 15.0. The molecule has 0 atom stereocenters. The Morgan fingerprint density at radius 2 is 1.10 bits per heavy atom. The summed E-state index contributed by atoms with van der Waals surface area (Å²) >= 11 is 0. The molecule has 0 fully saturated rings. The highest BCUT2D eigenvalue weighted by atomic mass is 31.2. The molecule has 0 radical (unpaired) electrons. The van der Waals surface area contributed by atoms with Gasteiger partial charge in [0.2, 0.25) is 0 Å². The zero-order valence-corrected chi connectivity index (χ0v) is 13.8. The van der Waals surface area contributed by atoms with Crippen molar-refractivity contribution in [3.8, 4) is 11.5 Å². The van der Waals surface area contributed by atoms with Crippen molar-refractivity contribution in [3.05, 3.63) is 60.7 Å². The van der Waals surface area contributed by atoms with Crippen molar-refractivity contribution in [1.82, 2.24) is 0 Å². The van der Waals surface area contributed by atoms with Crippen LogP contribution >= 0.6 is 8.60 Å². The summed E-state index contributed by atoms with van der Waals surface area (Å²) in [6, 6.07) is 19.2. The molecule has 0 aliphatic rings. The van der Waals surface area contributed by atoms with Gasteiger partial charge in [-0.1, -0.05) is 36.4 Å². The van der Waals surface area contributed by atoms with E-state index in [0.29, 0.717) is 0 Å². The van der Waals surface area contributed by atoms with Crippen LogP contribution in [0.2, 0.25) is 19.6 Å². The Balaban J connectivity index is 2.08. The summed E-state index contributed by atoms with van der Waals surface area (Å²) in [5.41, 5.74) is 0. The molecular weight excluding hydrogens is 287 g/mol. The van der Waals surface area contributed by atoms with Crippen molar-refractivity contribution < 1.29 is 13.3 Å². The average molecular weight is 306 g/mol. The van der Waals surface area contributed by atoms with Gasteiger partial charge in [-0.2, -0.15) is 0 Å². The van der Waals surface area contributed by atoms with Gasteiger partial charge in [0.05, 0.1) is 0 Å². The van der Waals surface area contributed by atoms with Crippen LogP contribution in [0, 0.1) is 0 Å². The van der Waals surface area contributed by atoms with E-state index in [-0.39, 0.29) is 0 Å². The summed E-state index contributed by atoms with van der Waals surface area (Å²) in [4.78, 5) is 0. The van der Waals surface area contributed by atoms with Crippen LogP contribution in [-0.2, 0) is 4.21 Å². The lowest BCUT2D eigenvalue weighted by Crippen LogP contribution is -2.24. The van der Waals surface area contributed by atoms with Crippen molar-refractivity contribution in [2.45, 2.75) is 19.6 Å². The van der Waals surface area contributed by atoms with Crippen LogP contribution in [0.25, 0.3) is 0 Å². The zero-order valence-electron chi connectivity index (χ0n) is 11.9. The average Bonchev–Trinajstić information content (AvgIpc) is 2.39. The Hall–Kier alpha value is -1.35. The maximum Gasteiger partial charge on any atom is 0.452 e. The molecule has 3 nitrogen and oxygen atoms in total. The van der Waals surface area contributed by atoms with Crippen LogP contribution < -0.4 is 9.05 Å². The highest BCUT2D eigenvalue weighted by molar-refractivity contribution is 7.44. The Bertz CT molecular complexity index is 472. The molecule has 0 bridgehead atoms. The normalized spacial score (nSPS) is 11.4. The molecule has 0 spiro atoms. The van der Waals surface area contributed by atoms with Gasteiger partial charge >= 0.3 is 8.60 Å². The molecule has 106 valence electrons. The van der Waals surface area contributed by atoms with E-state index >= 15 is 0 Å². The molecule has 20 heavy (non-hydrogen) atoms. The molecule has 2 aromatic carbocycles. The van der Waals surface area contributed by atoms with E-state index in [9.17, 15) is 0 Å². The number of hydrogen-bond donors (Lipinski definition) is 0. The summed E-state index contributed by atoms with van der Waals surface area (Å²) in [5, 5.41) is 0.